The van der Waals surface area contributed by atoms with Crippen LogP contribution in [0.5, 0.6) is 0 Å². The highest BCUT2D eigenvalue weighted by Gasteiger charge is 2.35. The molecule has 0 aliphatic heterocycles. The third kappa shape index (κ3) is 4.21. The monoisotopic (exact) mass is 398 g/mol. The van der Waals surface area contributed by atoms with Gasteiger partial charge in [0.2, 0.25) is 5.91 Å². The van der Waals surface area contributed by atoms with Crippen molar-refractivity contribution in [2.24, 2.45) is 5.73 Å². The number of hydrogen-bond donors (Lipinski definition) is 1. The summed E-state index contributed by atoms with van der Waals surface area (Å²) in [6, 6.07) is 20.4. The Morgan fingerprint density at radius 3 is 2.07 bits per heavy atom. The Morgan fingerprint density at radius 2 is 1.56 bits per heavy atom. The van der Waals surface area contributed by atoms with E-state index < -0.39 is 11.9 Å². The van der Waals surface area contributed by atoms with Crippen LogP contribution in [-0.2, 0) is 4.79 Å². The Balaban J connectivity index is 2.10. The van der Waals surface area contributed by atoms with Crippen LogP contribution in [0.2, 0.25) is 4.34 Å². The standard InChI is InChI=1S/C21H19ClN2O2S/c1-14(17-12-13-18(22)27-17)24(21(26)16-10-6-3-7-11-16)19(20(23)25)15-8-4-2-5-9-15/h2-14,19H,1H3,(H2,23,25)/t14-,19+/m1/s1. The van der Waals surface area contributed by atoms with Crippen LogP contribution in [0.4, 0.5) is 0 Å². The van der Waals surface area contributed by atoms with Gasteiger partial charge in [-0.05, 0) is 36.8 Å². The van der Waals surface area contributed by atoms with Crippen LogP contribution in [0.25, 0.3) is 0 Å². The first kappa shape index (κ1) is 19.1. The van der Waals surface area contributed by atoms with Crippen LogP contribution >= 0.6 is 22.9 Å². The van der Waals surface area contributed by atoms with Gasteiger partial charge in [0.25, 0.3) is 5.91 Å². The van der Waals surface area contributed by atoms with E-state index in [2.05, 4.69) is 0 Å². The zero-order valence-corrected chi connectivity index (χ0v) is 16.3. The molecule has 0 saturated heterocycles. The van der Waals surface area contributed by atoms with Crippen molar-refractivity contribution in [3.63, 3.8) is 0 Å². The predicted molar refractivity (Wildman–Crippen MR) is 109 cm³/mol. The molecule has 2 atom stereocenters. The van der Waals surface area contributed by atoms with Gasteiger partial charge in [0.05, 0.1) is 10.4 Å². The highest BCUT2D eigenvalue weighted by atomic mass is 35.5. The third-order valence-corrected chi connectivity index (χ3v) is 5.74. The fourth-order valence-corrected chi connectivity index (χ4v) is 4.15. The van der Waals surface area contributed by atoms with Crippen molar-refractivity contribution < 1.29 is 9.59 Å². The molecule has 2 amide bonds. The Morgan fingerprint density at radius 1 is 0.963 bits per heavy atom. The van der Waals surface area contributed by atoms with E-state index >= 15 is 0 Å². The molecule has 0 radical (unpaired) electrons. The number of amides is 2. The summed E-state index contributed by atoms with van der Waals surface area (Å²) in [6.07, 6.45) is 0. The first-order valence-electron chi connectivity index (χ1n) is 8.46. The molecule has 0 saturated carbocycles. The lowest BCUT2D eigenvalue weighted by atomic mass is 10.0. The van der Waals surface area contributed by atoms with Gasteiger partial charge in [-0.25, -0.2) is 0 Å². The maximum absolute atomic E-state index is 13.4. The van der Waals surface area contributed by atoms with E-state index in [0.717, 1.165) is 4.88 Å². The number of benzene rings is 2. The molecule has 0 aliphatic rings. The van der Waals surface area contributed by atoms with E-state index in [4.69, 9.17) is 17.3 Å². The van der Waals surface area contributed by atoms with E-state index in [1.165, 1.54) is 16.2 Å². The molecule has 3 aromatic rings. The Labute approximate surface area is 167 Å². The predicted octanol–water partition coefficient (Wildman–Crippen LogP) is 4.83. The molecule has 0 bridgehead atoms. The minimum atomic E-state index is -0.894. The van der Waals surface area contributed by atoms with Crippen molar-refractivity contribution in [2.45, 2.75) is 19.0 Å². The van der Waals surface area contributed by atoms with Crippen LogP contribution in [0.15, 0.2) is 72.8 Å². The second kappa shape index (κ2) is 8.37. The SMILES string of the molecule is C[C@H](c1ccc(Cl)s1)N(C(=O)c1ccccc1)[C@H](C(N)=O)c1ccccc1. The highest BCUT2D eigenvalue weighted by molar-refractivity contribution is 7.16. The van der Waals surface area contributed by atoms with Gasteiger partial charge in [0, 0.05) is 10.4 Å². The summed E-state index contributed by atoms with van der Waals surface area (Å²) in [5.41, 5.74) is 6.92. The normalized spacial score (nSPS) is 13.0. The van der Waals surface area contributed by atoms with Crippen LogP contribution < -0.4 is 5.73 Å². The summed E-state index contributed by atoms with van der Waals surface area (Å²) in [6.45, 7) is 1.88. The van der Waals surface area contributed by atoms with Crippen molar-refractivity contribution in [1.82, 2.24) is 4.90 Å². The Bertz CT molecular complexity index is 928. The van der Waals surface area contributed by atoms with E-state index in [-0.39, 0.29) is 11.9 Å². The molecular weight excluding hydrogens is 380 g/mol. The van der Waals surface area contributed by atoms with E-state index in [0.29, 0.717) is 15.5 Å². The average Bonchev–Trinajstić information content (AvgIpc) is 3.12. The molecule has 138 valence electrons. The lowest BCUT2D eigenvalue weighted by Crippen LogP contribution is -2.43. The minimum Gasteiger partial charge on any atom is -0.368 e. The summed E-state index contributed by atoms with van der Waals surface area (Å²) in [7, 11) is 0. The third-order valence-electron chi connectivity index (χ3n) is 4.34. The minimum absolute atomic E-state index is 0.264. The lowest BCUT2D eigenvalue weighted by Gasteiger charge is -2.35. The zero-order valence-electron chi connectivity index (χ0n) is 14.7. The maximum Gasteiger partial charge on any atom is 0.255 e. The number of halogens is 1. The molecule has 1 heterocycles. The van der Waals surface area contributed by atoms with Gasteiger partial charge in [-0.1, -0.05) is 60.1 Å². The zero-order chi connectivity index (χ0) is 19.4. The second-order valence-corrected chi connectivity index (χ2v) is 7.86. The number of primary amides is 1. The number of thiophene rings is 1. The first-order chi connectivity index (χ1) is 13.0. The van der Waals surface area contributed by atoms with Crippen LogP contribution in [-0.4, -0.2) is 16.7 Å². The number of nitrogens with zero attached hydrogens (tertiary/aromatic N) is 1. The summed E-state index contributed by atoms with van der Waals surface area (Å²) in [4.78, 5) is 28.2. The van der Waals surface area contributed by atoms with E-state index in [9.17, 15) is 9.59 Å². The van der Waals surface area contributed by atoms with Gasteiger partial charge < -0.3 is 10.6 Å². The van der Waals surface area contributed by atoms with Gasteiger partial charge in [-0.2, -0.15) is 0 Å². The molecule has 0 aliphatic carbocycles. The number of carbonyl (C=O) groups is 2. The van der Waals surface area contributed by atoms with Crippen molar-refractivity contribution in [3.8, 4) is 0 Å². The number of nitrogens with two attached hydrogens (primary N) is 1. The van der Waals surface area contributed by atoms with Gasteiger partial charge in [0.1, 0.15) is 6.04 Å². The summed E-state index contributed by atoms with van der Waals surface area (Å²) >= 11 is 7.47. The fraction of sp³-hybridized carbons (Fsp3) is 0.143. The van der Waals surface area contributed by atoms with Crippen LogP contribution in [0.1, 0.15) is 39.8 Å². The Kier molecular flexibility index (Phi) is 5.94. The molecule has 0 unspecified atom stereocenters. The molecular formula is C21H19ClN2O2S. The largest absolute Gasteiger partial charge is 0.368 e. The molecule has 27 heavy (non-hydrogen) atoms. The maximum atomic E-state index is 13.4. The van der Waals surface area contributed by atoms with Crippen molar-refractivity contribution in [1.29, 1.82) is 0 Å². The molecule has 0 spiro atoms. The van der Waals surface area contributed by atoms with Gasteiger partial charge in [0.15, 0.2) is 0 Å². The van der Waals surface area contributed by atoms with Crippen LogP contribution in [0.3, 0.4) is 0 Å². The number of hydrogen-bond acceptors (Lipinski definition) is 3. The van der Waals surface area contributed by atoms with Gasteiger partial charge in [-0.15, -0.1) is 11.3 Å². The molecule has 3 rings (SSSR count). The topological polar surface area (TPSA) is 63.4 Å². The summed E-state index contributed by atoms with van der Waals surface area (Å²) < 4.78 is 0.624. The smallest absolute Gasteiger partial charge is 0.255 e. The fourth-order valence-electron chi connectivity index (χ4n) is 3.03. The van der Waals surface area contributed by atoms with E-state index in [1.807, 2.05) is 37.3 Å². The van der Waals surface area contributed by atoms with Crippen molar-refractivity contribution >= 4 is 34.8 Å². The summed E-state index contributed by atoms with van der Waals surface area (Å²) in [5.74, 6) is -0.847. The van der Waals surface area contributed by atoms with Crippen molar-refractivity contribution in [3.05, 3.63) is 93.1 Å². The second-order valence-electron chi connectivity index (χ2n) is 6.11. The number of carbonyl (C=O) groups excluding carboxylic acids is 2. The average molecular weight is 399 g/mol. The quantitative estimate of drug-likeness (QED) is 0.646. The molecule has 1 aromatic heterocycles. The van der Waals surface area contributed by atoms with E-state index in [1.54, 1.807) is 42.5 Å². The summed E-state index contributed by atoms with van der Waals surface area (Å²) in [5, 5.41) is 0. The molecule has 4 nitrogen and oxygen atoms in total. The highest BCUT2D eigenvalue weighted by Crippen LogP contribution is 2.36. The lowest BCUT2D eigenvalue weighted by molar-refractivity contribution is -0.123. The van der Waals surface area contributed by atoms with Gasteiger partial charge in [-0.3, -0.25) is 9.59 Å². The van der Waals surface area contributed by atoms with Gasteiger partial charge >= 0.3 is 0 Å². The molecule has 6 heteroatoms. The first-order valence-corrected chi connectivity index (χ1v) is 9.65. The van der Waals surface area contributed by atoms with Crippen LogP contribution in [0, 0.1) is 0 Å². The number of rotatable bonds is 6. The molecule has 0 fully saturated rings. The Hall–Kier alpha value is -2.63. The van der Waals surface area contributed by atoms with Crippen molar-refractivity contribution in [2.75, 3.05) is 0 Å². The molecule has 2 N–H and O–H groups in total. The molecule has 2 aromatic carbocycles.